The average molecular weight is 316 g/mol. The van der Waals surface area contributed by atoms with Crippen LogP contribution >= 0.6 is 11.8 Å². The van der Waals surface area contributed by atoms with Crippen LogP contribution in [0.15, 0.2) is 23.1 Å². The lowest BCUT2D eigenvalue weighted by Gasteiger charge is -2.23. The summed E-state index contributed by atoms with van der Waals surface area (Å²) in [6, 6.07) is 4.44. The van der Waals surface area contributed by atoms with Gasteiger partial charge in [-0.1, -0.05) is 0 Å². The summed E-state index contributed by atoms with van der Waals surface area (Å²) in [6.07, 6.45) is 3.13. The van der Waals surface area contributed by atoms with Crippen molar-refractivity contribution in [2.45, 2.75) is 23.8 Å². The van der Waals surface area contributed by atoms with E-state index in [1.165, 1.54) is 12.1 Å². The van der Waals surface area contributed by atoms with Crippen molar-refractivity contribution >= 4 is 33.0 Å². The van der Waals surface area contributed by atoms with Crippen molar-refractivity contribution in [3.8, 4) is 0 Å². The van der Waals surface area contributed by atoms with E-state index >= 15 is 0 Å². The van der Waals surface area contributed by atoms with Gasteiger partial charge in [0.2, 0.25) is 0 Å². The smallest absolute Gasteiger partial charge is 0.288 e. The van der Waals surface area contributed by atoms with Gasteiger partial charge in [0.1, 0.15) is 4.90 Å². The van der Waals surface area contributed by atoms with E-state index in [9.17, 15) is 18.5 Å². The van der Waals surface area contributed by atoms with Crippen LogP contribution in [0, 0.1) is 10.1 Å². The lowest BCUT2D eigenvalue weighted by atomic mass is 10.1. The van der Waals surface area contributed by atoms with Crippen molar-refractivity contribution in [1.29, 1.82) is 0 Å². The molecular formula is C12H16N2O4S2. The van der Waals surface area contributed by atoms with E-state index < -0.39 is 14.8 Å². The third-order valence-corrected chi connectivity index (χ3v) is 5.43. The summed E-state index contributed by atoms with van der Waals surface area (Å²) in [5, 5.41) is 14.1. The van der Waals surface area contributed by atoms with E-state index in [4.69, 9.17) is 0 Å². The Morgan fingerprint density at radius 2 is 2.20 bits per heavy atom. The molecule has 0 radical (unpaired) electrons. The molecule has 1 aromatic rings. The van der Waals surface area contributed by atoms with Gasteiger partial charge in [0.05, 0.1) is 4.92 Å². The lowest BCUT2D eigenvalue weighted by molar-refractivity contribution is -0.387. The molecule has 0 spiro atoms. The molecule has 1 aliphatic heterocycles. The summed E-state index contributed by atoms with van der Waals surface area (Å²) < 4.78 is 23.3. The number of hydrogen-bond acceptors (Lipinski definition) is 6. The van der Waals surface area contributed by atoms with Crippen LogP contribution in [-0.2, 0) is 9.84 Å². The Bertz CT molecular complexity index is 610. The molecule has 0 aliphatic carbocycles. The number of sulfone groups is 1. The van der Waals surface area contributed by atoms with Crippen LogP contribution < -0.4 is 5.32 Å². The highest BCUT2D eigenvalue weighted by Gasteiger charge is 2.23. The van der Waals surface area contributed by atoms with Crippen LogP contribution in [0.5, 0.6) is 0 Å². The van der Waals surface area contributed by atoms with Gasteiger partial charge >= 0.3 is 0 Å². The maximum Gasteiger partial charge on any atom is 0.288 e. The monoisotopic (exact) mass is 316 g/mol. The first kappa shape index (κ1) is 15.1. The molecule has 6 nitrogen and oxygen atoms in total. The third kappa shape index (κ3) is 3.63. The van der Waals surface area contributed by atoms with E-state index in [0.717, 1.165) is 30.6 Å². The van der Waals surface area contributed by atoms with E-state index in [-0.39, 0.29) is 16.6 Å². The normalized spacial score (nSPS) is 19.6. The Kier molecular flexibility index (Phi) is 4.54. The fraction of sp³-hybridized carbons (Fsp3) is 0.500. The Labute approximate surface area is 122 Å². The zero-order chi connectivity index (χ0) is 14.8. The van der Waals surface area contributed by atoms with Crippen molar-refractivity contribution in [3.05, 3.63) is 28.3 Å². The minimum absolute atomic E-state index is 0.240. The highest BCUT2D eigenvalue weighted by atomic mass is 32.2. The predicted octanol–water partition coefficient (Wildman–Crippen LogP) is 2.31. The number of nitro benzene ring substituents is 1. The van der Waals surface area contributed by atoms with Gasteiger partial charge < -0.3 is 5.32 Å². The fourth-order valence-electron chi connectivity index (χ4n) is 2.14. The summed E-state index contributed by atoms with van der Waals surface area (Å²) in [4.78, 5) is 9.98. The number of nitrogens with one attached hydrogen (secondary N) is 1. The fourth-order valence-corrected chi connectivity index (χ4v) is 4.08. The Hall–Kier alpha value is -1.28. The number of anilines is 1. The molecule has 0 bridgehead atoms. The van der Waals surface area contributed by atoms with Gasteiger partial charge in [0.25, 0.3) is 5.69 Å². The van der Waals surface area contributed by atoms with Gasteiger partial charge in [0.15, 0.2) is 9.84 Å². The first-order chi connectivity index (χ1) is 9.38. The molecule has 0 amide bonds. The van der Waals surface area contributed by atoms with Crippen LogP contribution in [0.3, 0.4) is 0 Å². The zero-order valence-corrected chi connectivity index (χ0v) is 12.7. The first-order valence-electron chi connectivity index (χ1n) is 6.21. The SMILES string of the molecule is CS(=O)(=O)c1cc(NC2CCCSC2)ccc1[N+](=O)[O-]. The molecule has 110 valence electrons. The van der Waals surface area contributed by atoms with Gasteiger partial charge in [-0.05, 0) is 30.7 Å². The molecule has 1 saturated heterocycles. The van der Waals surface area contributed by atoms with Gasteiger partial charge in [-0.3, -0.25) is 10.1 Å². The number of thioether (sulfide) groups is 1. The number of rotatable bonds is 4. The van der Waals surface area contributed by atoms with Gasteiger partial charge in [-0.2, -0.15) is 11.8 Å². The first-order valence-corrected chi connectivity index (χ1v) is 9.25. The molecular weight excluding hydrogens is 300 g/mol. The van der Waals surface area contributed by atoms with E-state index in [0.29, 0.717) is 5.69 Å². The second kappa shape index (κ2) is 6.01. The largest absolute Gasteiger partial charge is 0.381 e. The quantitative estimate of drug-likeness (QED) is 0.677. The van der Waals surface area contributed by atoms with E-state index in [2.05, 4.69) is 5.32 Å². The topological polar surface area (TPSA) is 89.3 Å². The van der Waals surface area contributed by atoms with Crippen molar-refractivity contribution in [3.63, 3.8) is 0 Å². The van der Waals surface area contributed by atoms with E-state index in [1.54, 1.807) is 6.07 Å². The maximum atomic E-state index is 11.7. The summed E-state index contributed by atoms with van der Waals surface area (Å²) in [5.74, 6) is 2.11. The zero-order valence-electron chi connectivity index (χ0n) is 11.0. The van der Waals surface area contributed by atoms with Gasteiger partial charge in [-0.15, -0.1) is 0 Å². The van der Waals surface area contributed by atoms with Crippen LogP contribution in [0.2, 0.25) is 0 Å². The van der Waals surface area contributed by atoms with Crippen LogP contribution in [0.1, 0.15) is 12.8 Å². The highest BCUT2D eigenvalue weighted by molar-refractivity contribution is 7.99. The maximum absolute atomic E-state index is 11.7. The minimum Gasteiger partial charge on any atom is -0.381 e. The summed E-state index contributed by atoms with van der Waals surface area (Å²) >= 11 is 1.85. The molecule has 1 unspecified atom stereocenters. The molecule has 1 aromatic carbocycles. The van der Waals surface area contributed by atoms with Gasteiger partial charge in [-0.25, -0.2) is 8.42 Å². The number of nitro groups is 1. The minimum atomic E-state index is -3.63. The van der Waals surface area contributed by atoms with Crippen molar-refractivity contribution in [2.75, 3.05) is 23.1 Å². The molecule has 8 heteroatoms. The third-order valence-electron chi connectivity index (χ3n) is 3.09. The summed E-state index contributed by atoms with van der Waals surface area (Å²) in [7, 11) is -3.63. The van der Waals surface area contributed by atoms with Crippen LogP contribution in [0.4, 0.5) is 11.4 Å². The van der Waals surface area contributed by atoms with Gasteiger partial charge in [0, 0.05) is 29.8 Å². The molecule has 1 N–H and O–H groups in total. The van der Waals surface area contributed by atoms with Crippen molar-refractivity contribution < 1.29 is 13.3 Å². The number of hydrogen-bond donors (Lipinski definition) is 1. The Balaban J connectivity index is 2.29. The molecule has 2 rings (SSSR count). The second-order valence-corrected chi connectivity index (χ2v) is 7.90. The predicted molar refractivity (Wildman–Crippen MR) is 80.2 cm³/mol. The van der Waals surface area contributed by atoms with Crippen LogP contribution in [0.25, 0.3) is 0 Å². The number of benzene rings is 1. The lowest BCUT2D eigenvalue weighted by Crippen LogP contribution is -2.25. The molecule has 1 fully saturated rings. The number of nitrogens with zero attached hydrogens (tertiary/aromatic N) is 1. The Morgan fingerprint density at radius 1 is 1.45 bits per heavy atom. The molecule has 20 heavy (non-hydrogen) atoms. The molecule has 1 heterocycles. The molecule has 1 atom stereocenters. The Morgan fingerprint density at radius 3 is 2.75 bits per heavy atom. The summed E-state index contributed by atoms with van der Waals surface area (Å²) in [6.45, 7) is 0. The molecule has 0 aromatic heterocycles. The molecule has 1 aliphatic rings. The highest BCUT2D eigenvalue weighted by Crippen LogP contribution is 2.28. The standard InChI is InChI=1S/C12H16N2O4S2/c1-20(17,18)12-7-9(4-5-11(12)14(15)16)13-10-3-2-6-19-8-10/h4-5,7,10,13H,2-3,6,8H2,1H3. The van der Waals surface area contributed by atoms with Crippen molar-refractivity contribution in [1.82, 2.24) is 0 Å². The van der Waals surface area contributed by atoms with Crippen LogP contribution in [-0.4, -0.2) is 37.1 Å². The van der Waals surface area contributed by atoms with Crippen molar-refractivity contribution in [2.24, 2.45) is 0 Å². The van der Waals surface area contributed by atoms with E-state index in [1.807, 2.05) is 11.8 Å². The average Bonchev–Trinajstić information content (AvgIpc) is 2.38. The molecule has 0 saturated carbocycles. The second-order valence-electron chi connectivity index (χ2n) is 4.77. The summed E-state index contributed by atoms with van der Waals surface area (Å²) in [5.41, 5.74) is 0.236.